The molecule has 0 aliphatic rings. The Bertz CT molecular complexity index is 1150. The van der Waals surface area contributed by atoms with Crippen LogP contribution < -0.4 is 9.57 Å². The van der Waals surface area contributed by atoms with E-state index >= 15 is 0 Å². The van der Waals surface area contributed by atoms with Crippen molar-refractivity contribution in [1.29, 1.82) is 0 Å². The highest BCUT2D eigenvalue weighted by Crippen LogP contribution is 2.39. The summed E-state index contributed by atoms with van der Waals surface area (Å²) in [5, 5.41) is -0.712. The van der Waals surface area contributed by atoms with E-state index in [1.54, 1.807) is 6.92 Å². The number of halogens is 8. The predicted molar refractivity (Wildman–Crippen MR) is 97.7 cm³/mol. The Labute approximate surface area is 180 Å². The average molecular weight is 485 g/mol. The Hall–Kier alpha value is -3.02. The normalized spacial score (nSPS) is 12.3. The number of alkyl halides is 6. The van der Waals surface area contributed by atoms with Gasteiger partial charge in [-0.25, -0.2) is 14.2 Å². The highest BCUT2D eigenvalue weighted by molar-refractivity contribution is 6.32. The molecule has 13 heteroatoms. The Kier molecular flexibility index (Phi) is 6.27. The van der Waals surface area contributed by atoms with Crippen molar-refractivity contribution in [3.63, 3.8) is 0 Å². The first kappa shape index (κ1) is 23.6. The average Bonchev–Trinajstić information content (AvgIpc) is 3.02. The number of imidazole rings is 1. The van der Waals surface area contributed by atoms with Gasteiger partial charge in [0.2, 0.25) is 0 Å². The molecule has 5 nitrogen and oxygen atoms in total. The Morgan fingerprint density at radius 2 is 1.78 bits per heavy atom. The molecule has 0 unspecified atom stereocenters. The number of ether oxygens (including phenoxy) is 1. The zero-order valence-electron chi connectivity index (χ0n) is 15.9. The van der Waals surface area contributed by atoms with Crippen LogP contribution in [0.5, 0.6) is 11.5 Å². The molecule has 32 heavy (non-hydrogen) atoms. The summed E-state index contributed by atoms with van der Waals surface area (Å²) in [4.78, 5) is 20.0. The van der Waals surface area contributed by atoms with Gasteiger partial charge in [0.25, 0.3) is 5.82 Å². The van der Waals surface area contributed by atoms with Crippen LogP contribution in [0, 0.1) is 5.82 Å². The second kappa shape index (κ2) is 8.49. The molecule has 0 aliphatic heterocycles. The highest BCUT2D eigenvalue weighted by atomic mass is 35.5. The number of hydrogen-bond acceptors (Lipinski definition) is 4. The van der Waals surface area contributed by atoms with Crippen LogP contribution in [0.15, 0.2) is 30.3 Å². The summed E-state index contributed by atoms with van der Waals surface area (Å²) >= 11 is 5.71. The number of benzene rings is 2. The van der Waals surface area contributed by atoms with Gasteiger partial charge in [0.05, 0.1) is 16.1 Å². The third kappa shape index (κ3) is 4.90. The molecule has 0 saturated heterocycles. The fourth-order valence-corrected chi connectivity index (χ4v) is 2.91. The zero-order chi connectivity index (χ0) is 23.8. The van der Waals surface area contributed by atoms with Crippen molar-refractivity contribution in [2.45, 2.75) is 32.1 Å². The fourth-order valence-electron chi connectivity index (χ4n) is 2.66. The molecule has 1 heterocycles. The van der Waals surface area contributed by atoms with Gasteiger partial charge in [0.15, 0.2) is 11.6 Å². The molecule has 0 N–H and O–H groups in total. The SMILES string of the molecule is CCCC(=O)On1c(C(F)(F)F)nc2ccc(Oc3c(F)cc(C(F)(F)F)cc3Cl)cc21. The highest BCUT2D eigenvalue weighted by Gasteiger charge is 2.39. The summed E-state index contributed by atoms with van der Waals surface area (Å²) in [7, 11) is 0. The van der Waals surface area contributed by atoms with Crippen molar-refractivity contribution in [3.05, 3.63) is 52.6 Å². The molecule has 172 valence electrons. The van der Waals surface area contributed by atoms with Crippen LogP contribution in [0.1, 0.15) is 31.2 Å². The minimum Gasteiger partial charge on any atom is -0.453 e. The summed E-state index contributed by atoms with van der Waals surface area (Å²) in [6.45, 7) is 1.62. The van der Waals surface area contributed by atoms with Gasteiger partial charge < -0.3 is 9.57 Å². The van der Waals surface area contributed by atoms with Gasteiger partial charge >= 0.3 is 18.3 Å². The number of nitrogens with zero attached hydrogens (tertiary/aromatic N) is 2. The third-order valence-corrected chi connectivity index (χ3v) is 4.31. The van der Waals surface area contributed by atoms with Gasteiger partial charge in [-0.05, 0) is 30.7 Å². The second-order valence-corrected chi connectivity index (χ2v) is 6.87. The summed E-state index contributed by atoms with van der Waals surface area (Å²) in [5.41, 5.74) is -1.92. The Morgan fingerprint density at radius 3 is 2.34 bits per heavy atom. The van der Waals surface area contributed by atoms with Crippen molar-refractivity contribution >= 4 is 28.6 Å². The van der Waals surface area contributed by atoms with E-state index in [1.807, 2.05) is 0 Å². The minimum atomic E-state index is -4.98. The van der Waals surface area contributed by atoms with Gasteiger partial charge in [-0.15, -0.1) is 4.73 Å². The molecule has 0 aliphatic carbocycles. The fraction of sp³-hybridized carbons (Fsp3) is 0.263. The monoisotopic (exact) mass is 484 g/mol. The van der Waals surface area contributed by atoms with Crippen LogP contribution in [0.25, 0.3) is 11.0 Å². The maximum absolute atomic E-state index is 14.2. The molecule has 0 radical (unpaired) electrons. The van der Waals surface area contributed by atoms with Crippen LogP contribution in [0.3, 0.4) is 0 Å². The summed E-state index contributed by atoms with van der Waals surface area (Å²) in [5.74, 6) is -4.99. The lowest BCUT2D eigenvalue weighted by atomic mass is 10.2. The number of rotatable bonds is 5. The van der Waals surface area contributed by atoms with E-state index in [0.717, 1.165) is 18.2 Å². The summed E-state index contributed by atoms with van der Waals surface area (Å²) < 4.78 is 97.9. The van der Waals surface area contributed by atoms with E-state index in [4.69, 9.17) is 21.2 Å². The largest absolute Gasteiger partial charge is 0.453 e. The molecule has 1 aromatic heterocycles. The molecule has 0 atom stereocenters. The first-order valence-corrected chi connectivity index (χ1v) is 9.24. The minimum absolute atomic E-state index is 0.165. The molecule has 0 fully saturated rings. The summed E-state index contributed by atoms with van der Waals surface area (Å²) in [6.07, 6.45) is -9.69. The Balaban J connectivity index is 2.05. The molecule has 3 rings (SSSR count). The van der Waals surface area contributed by atoms with Gasteiger partial charge in [-0.3, -0.25) is 0 Å². The maximum Gasteiger partial charge on any atom is 0.453 e. The third-order valence-electron chi connectivity index (χ3n) is 4.03. The lowest BCUT2D eigenvalue weighted by Crippen LogP contribution is -2.25. The van der Waals surface area contributed by atoms with E-state index in [1.165, 1.54) is 0 Å². The lowest BCUT2D eigenvalue weighted by Gasteiger charge is -2.13. The smallest absolute Gasteiger partial charge is 0.453 e. The van der Waals surface area contributed by atoms with Crippen molar-refractivity contribution in [1.82, 2.24) is 9.71 Å². The van der Waals surface area contributed by atoms with Crippen molar-refractivity contribution in [2.75, 3.05) is 0 Å². The van der Waals surface area contributed by atoms with Crippen LogP contribution in [0.4, 0.5) is 30.7 Å². The van der Waals surface area contributed by atoms with Crippen LogP contribution in [0.2, 0.25) is 5.02 Å². The number of aromatic nitrogens is 2. The molecule has 0 amide bonds. The van der Waals surface area contributed by atoms with Crippen molar-refractivity contribution in [3.8, 4) is 11.5 Å². The van der Waals surface area contributed by atoms with Crippen molar-refractivity contribution in [2.24, 2.45) is 0 Å². The Morgan fingerprint density at radius 1 is 1.09 bits per heavy atom. The molecule has 0 bridgehead atoms. The topological polar surface area (TPSA) is 53.4 Å². The zero-order valence-corrected chi connectivity index (χ0v) is 16.7. The second-order valence-electron chi connectivity index (χ2n) is 6.46. The molecular formula is C19H12ClF7N2O3. The molecule has 3 aromatic rings. The van der Waals surface area contributed by atoms with Crippen LogP contribution >= 0.6 is 11.6 Å². The van der Waals surface area contributed by atoms with Gasteiger partial charge in [-0.1, -0.05) is 18.5 Å². The van der Waals surface area contributed by atoms with E-state index in [0.29, 0.717) is 12.5 Å². The van der Waals surface area contributed by atoms with Gasteiger partial charge in [-0.2, -0.15) is 26.3 Å². The van der Waals surface area contributed by atoms with Gasteiger partial charge in [0.1, 0.15) is 11.3 Å². The molecule has 0 spiro atoms. The molecule has 2 aromatic carbocycles. The summed E-state index contributed by atoms with van der Waals surface area (Å²) in [6, 6.07) is 3.72. The number of hydrogen-bond donors (Lipinski definition) is 0. The van der Waals surface area contributed by atoms with E-state index in [2.05, 4.69) is 4.98 Å². The predicted octanol–water partition coefficient (Wildman–Crippen LogP) is 6.41. The quantitative estimate of drug-likeness (QED) is 0.392. The van der Waals surface area contributed by atoms with Crippen LogP contribution in [-0.2, 0) is 17.1 Å². The number of carbonyl (C=O) groups is 1. The lowest BCUT2D eigenvalue weighted by molar-refractivity contribution is -0.162. The maximum atomic E-state index is 14.2. The standard InChI is InChI=1S/C19H12ClF7N2O3/c1-2-3-15(30)32-29-14-8-10(4-5-13(14)28-17(29)19(25,26)27)31-16-11(20)6-9(7-12(16)21)18(22,23)24/h4-8H,2-3H2,1H3. The van der Waals surface area contributed by atoms with Crippen LogP contribution in [-0.4, -0.2) is 15.7 Å². The first-order valence-electron chi connectivity index (χ1n) is 8.86. The van der Waals surface area contributed by atoms with E-state index < -0.39 is 46.3 Å². The number of carbonyl (C=O) groups excluding carboxylic acids is 1. The van der Waals surface area contributed by atoms with E-state index in [-0.39, 0.29) is 34.0 Å². The van der Waals surface area contributed by atoms with Crippen molar-refractivity contribution < 1.29 is 45.1 Å². The number of fused-ring (bicyclic) bond motifs is 1. The van der Waals surface area contributed by atoms with E-state index in [9.17, 15) is 35.5 Å². The van der Waals surface area contributed by atoms with Gasteiger partial charge in [0, 0.05) is 12.5 Å². The molecule has 0 saturated carbocycles. The first-order chi connectivity index (χ1) is 14.8. The molecular weight excluding hydrogens is 473 g/mol.